The van der Waals surface area contributed by atoms with E-state index in [-0.39, 0.29) is 16.5 Å². The summed E-state index contributed by atoms with van der Waals surface area (Å²) in [4.78, 5) is 13.0. The number of carbonyl (C=O) groups is 1. The van der Waals surface area contributed by atoms with Crippen LogP contribution in [0.5, 0.6) is 0 Å². The highest BCUT2D eigenvalue weighted by molar-refractivity contribution is 8.14. The Morgan fingerprint density at radius 1 is 1.46 bits per heavy atom. The molecule has 0 spiro atoms. The molecule has 1 rings (SSSR count). The zero-order chi connectivity index (χ0) is 19.4. The lowest BCUT2D eigenvalue weighted by Crippen LogP contribution is -2.24. The SMILES string of the molecule is C=CC[C@H](C[C@@H](CC1=CCCCS1)OCOCC[Si](C)(C)C)SC(C)=O. The van der Waals surface area contributed by atoms with Gasteiger partial charge in [0.05, 0.1) is 6.10 Å². The summed E-state index contributed by atoms with van der Waals surface area (Å²) in [6.07, 6.45) is 9.37. The fourth-order valence-electron chi connectivity index (χ4n) is 2.67. The average molecular weight is 417 g/mol. The van der Waals surface area contributed by atoms with Gasteiger partial charge in [0.2, 0.25) is 0 Å². The number of rotatable bonds is 13. The van der Waals surface area contributed by atoms with Crippen LogP contribution in [0, 0.1) is 0 Å². The summed E-state index contributed by atoms with van der Waals surface area (Å²) < 4.78 is 11.8. The summed E-state index contributed by atoms with van der Waals surface area (Å²) in [5.41, 5.74) is 0. The molecule has 0 fully saturated rings. The van der Waals surface area contributed by atoms with E-state index >= 15 is 0 Å². The van der Waals surface area contributed by atoms with Crippen molar-refractivity contribution in [3.63, 3.8) is 0 Å². The first-order valence-corrected chi connectivity index (χ1v) is 15.2. The van der Waals surface area contributed by atoms with Gasteiger partial charge < -0.3 is 9.47 Å². The molecule has 0 bridgehead atoms. The van der Waals surface area contributed by atoms with E-state index in [2.05, 4.69) is 32.3 Å². The summed E-state index contributed by atoms with van der Waals surface area (Å²) in [6, 6.07) is 1.15. The molecule has 0 aromatic rings. The van der Waals surface area contributed by atoms with Crippen molar-refractivity contribution in [1.82, 2.24) is 0 Å². The summed E-state index contributed by atoms with van der Waals surface area (Å²) in [5.74, 6) is 1.20. The Morgan fingerprint density at radius 3 is 2.81 bits per heavy atom. The number of allylic oxidation sites excluding steroid dienone is 2. The van der Waals surface area contributed by atoms with Crippen LogP contribution in [0.2, 0.25) is 25.7 Å². The molecule has 2 atom stereocenters. The third kappa shape index (κ3) is 12.4. The molecule has 6 heteroatoms. The first-order valence-electron chi connectivity index (χ1n) is 9.59. The molecule has 1 aliphatic heterocycles. The van der Waals surface area contributed by atoms with E-state index in [1.165, 1.54) is 35.3 Å². The molecule has 150 valence electrons. The Kier molecular flexibility index (Phi) is 12.2. The van der Waals surface area contributed by atoms with Crippen molar-refractivity contribution in [3.05, 3.63) is 23.6 Å². The van der Waals surface area contributed by atoms with E-state index in [0.29, 0.717) is 6.79 Å². The largest absolute Gasteiger partial charge is 0.356 e. The van der Waals surface area contributed by atoms with Gasteiger partial charge in [-0.1, -0.05) is 43.6 Å². The molecular weight excluding hydrogens is 380 g/mol. The van der Waals surface area contributed by atoms with Crippen LogP contribution in [0.3, 0.4) is 0 Å². The van der Waals surface area contributed by atoms with Crippen molar-refractivity contribution in [3.8, 4) is 0 Å². The molecule has 0 aliphatic carbocycles. The monoisotopic (exact) mass is 416 g/mol. The number of hydrogen-bond donors (Lipinski definition) is 0. The number of thioether (sulfide) groups is 2. The maximum atomic E-state index is 11.5. The standard InChI is InChI=1S/C20H36O3S2Si/c1-6-9-20(25-17(2)21)15-18(14-19-10-7-8-12-24-19)23-16-22-11-13-26(3,4)5/h6,10,18,20H,1,7-9,11-16H2,2-5H3/t18-,20-/m1/s1. The molecule has 0 aromatic carbocycles. The normalized spacial score (nSPS) is 17.5. The first-order chi connectivity index (χ1) is 12.3. The molecular formula is C20H36O3S2Si. The Morgan fingerprint density at radius 2 is 2.23 bits per heavy atom. The van der Waals surface area contributed by atoms with Crippen molar-refractivity contribution in [2.45, 2.75) is 76.1 Å². The molecule has 0 N–H and O–H groups in total. The van der Waals surface area contributed by atoms with Crippen LogP contribution in [-0.2, 0) is 14.3 Å². The predicted molar refractivity (Wildman–Crippen MR) is 120 cm³/mol. The van der Waals surface area contributed by atoms with Crippen LogP contribution in [0.25, 0.3) is 0 Å². The second-order valence-electron chi connectivity index (χ2n) is 7.98. The summed E-state index contributed by atoms with van der Waals surface area (Å²) in [5, 5.41) is 0.388. The highest BCUT2D eigenvalue weighted by Crippen LogP contribution is 2.31. The molecule has 0 saturated heterocycles. The topological polar surface area (TPSA) is 35.5 Å². The van der Waals surface area contributed by atoms with Crippen molar-refractivity contribution in [1.29, 1.82) is 0 Å². The number of ether oxygens (including phenoxy) is 2. The second kappa shape index (κ2) is 13.2. The van der Waals surface area contributed by atoms with Crippen molar-refractivity contribution < 1.29 is 14.3 Å². The molecule has 0 radical (unpaired) electrons. The minimum absolute atomic E-state index is 0.0931. The maximum absolute atomic E-state index is 11.5. The molecule has 0 saturated carbocycles. The van der Waals surface area contributed by atoms with Crippen molar-refractivity contribution in [2.24, 2.45) is 0 Å². The molecule has 0 unspecified atom stereocenters. The van der Waals surface area contributed by atoms with Gasteiger partial charge in [0.1, 0.15) is 6.79 Å². The average Bonchev–Trinajstić information content (AvgIpc) is 2.54. The van der Waals surface area contributed by atoms with Crippen LogP contribution in [0.1, 0.15) is 39.0 Å². The lowest BCUT2D eigenvalue weighted by atomic mass is 10.1. The van der Waals surface area contributed by atoms with E-state index < -0.39 is 8.07 Å². The van der Waals surface area contributed by atoms with E-state index in [4.69, 9.17) is 9.47 Å². The van der Waals surface area contributed by atoms with E-state index in [9.17, 15) is 4.79 Å². The zero-order valence-electron chi connectivity index (χ0n) is 16.9. The highest BCUT2D eigenvalue weighted by Gasteiger charge is 2.21. The quantitative estimate of drug-likeness (QED) is 0.157. The maximum Gasteiger partial charge on any atom is 0.186 e. The van der Waals surface area contributed by atoms with Gasteiger partial charge in [-0.05, 0) is 42.4 Å². The third-order valence-electron chi connectivity index (χ3n) is 4.11. The summed E-state index contributed by atoms with van der Waals surface area (Å²) in [7, 11) is -1.07. The predicted octanol–water partition coefficient (Wildman–Crippen LogP) is 6.10. The molecule has 1 aliphatic rings. The molecule has 3 nitrogen and oxygen atoms in total. The zero-order valence-corrected chi connectivity index (χ0v) is 19.6. The molecule has 0 amide bonds. The van der Waals surface area contributed by atoms with Gasteiger partial charge in [-0.15, -0.1) is 18.3 Å². The fourth-order valence-corrected chi connectivity index (χ4v) is 5.56. The number of carbonyl (C=O) groups excluding carboxylic acids is 1. The minimum Gasteiger partial charge on any atom is -0.356 e. The fraction of sp³-hybridized carbons (Fsp3) is 0.750. The lowest BCUT2D eigenvalue weighted by Gasteiger charge is -2.24. The Hall–Kier alpha value is -0.0131. The lowest BCUT2D eigenvalue weighted by molar-refractivity contribution is -0.109. The summed E-state index contributed by atoms with van der Waals surface area (Å²) in [6.45, 7) is 13.7. The van der Waals surface area contributed by atoms with Crippen LogP contribution in [0.4, 0.5) is 0 Å². The Labute approximate surface area is 169 Å². The van der Waals surface area contributed by atoms with Crippen LogP contribution < -0.4 is 0 Å². The number of hydrogen-bond acceptors (Lipinski definition) is 5. The van der Waals surface area contributed by atoms with E-state index in [1.54, 1.807) is 6.92 Å². The van der Waals surface area contributed by atoms with Crippen molar-refractivity contribution in [2.75, 3.05) is 19.2 Å². The van der Waals surface area contributed by atoms with Crippen molar-refractivity contribution >= 4 is 36.7 Å². The van der Waals surface area contributed by atoms with Gasteiger partial charge in [-0.2, -0.15) is 0 Å². The second-order valence-corrected chi connectivity index (χ2v) is 16.3. The molecule has 1 heterocycles. The van der Waals surface area contributed by atoms with Gasteiger partial charge >= 0.3 is 0 Å². The van der Waals surface area contributed by atoms with Gasteiger partial charge in [0.25, 0.3) is 0 Å². The Balaban J connectivity index is 2.54. The smallest absolute Gasteiger partial charge is 0.186 e. The minimum atomic E-state index is -1.07. The van der Waals surface area contributed by atoms with Crippen LogP contribution >= 0.6 is 23.5 Å². The highest BCUT2D eigenvalue weighted by atomic mass is 32.2. The summed E-state index contributed by atoms with van der Waals surface area (Å²) >= 11 is 3.35. The van der Waals surface area contributed by atoms with Gasteiger partial charge in [-0.3, -0.25) is 4.79 Å². The van der Waals surface area contributed by atoms with E-state index in [0.717, 1.165) is 31.9 Å². The molecule has 26 heavy (non-hydrogen) atoms. The van der Waals surface area contributed by atoms with E-state index in [1.807, 2.05) is 17.8 Å². The van der Waals surface area contributed by atoms with Crippen LogP contribution in [-0.4, -0.2) is 43.7 Å². The Bertz CT molecular complexity index is 460. The van der Waals surface area contributed by atoms with Gasteiger partial charge in [0.15, 0.2) is 5.12 Å². The van der Waals surface area contributed by atoms with Crippen LogP contribution in [0.15, 0.2) is 23.6 Å². The molecule has 0 aromatic heterocycles. The third-order valence-corrected chi connectivity index (χ3v) is 8.06. The first kappa shape index (κ1) is 24.0. The van der Waals surface area contributed by atoms with Gasteiger partial charge in [-0.25, -0.2) is 0 Å². The van der Waals surface area contributed by atoms with Gasteiger partial charge in [0, 0.05) is 33.3 Å².